The van der Waals surface area contributed by atoms with Crippen LogP contribution in [0, 0.1) is 0 Å². The van der Waals surface area contributed by atoms with Crippen molar-refractivity contribution in [2.75, 3.05) is 19.8 Å². The number of aryl methyl sites for hydroxylation is 1. The lowest BCUT2D eigenvalue weighted by Crippen LogP contribution is -2.32. The molecular formula is C14H27N3O. The molecule has 0 saturated heterocycles. The van der Waals surface area contributed by atoms with Gasteiger partial charge in [0.1, 0.15) is 0 Å². The van der Waals surface area contributed by atoms with Gasteiger partial charge in [-0.1, -0.05) is 13.8 Å². The molecule has 1 N–H and O–H groups in total. The van der Waals surface area contributed by atoms with Crippen LogP contribution in [0.2, 0.25) is 0 Å². The Hall–Kier alpha value is -0.870. The normalized spacial score (nSPS) is 12.8. The van der Waals surface area contributed by atoms with Gasteiger partial charge in [-0.3, -0.25) is 4.68 Å². The summed E-state index contributed by atoms with van der Waals surface area (Å²) >= 11 is 0. The number of hydrogen-bond acceptors (Lipinski definition) is 3. The second-order valence-corrected chi connectivity index (χ2v) is 4.56. The maximum absolute atomic E-state index is 5.56. The maximum Gasteiger partial charge on any atom is 0.0522 e. The van der Waals surface area contributed by atoms with Crippen molar-refractivity contribution < 1.29 is 4.74 Å². The Morgan fingerprint density at radius 1 is 1.33 bits per heavy atom. The summed E-state index contributed by atoms with van der Waals surface area (Å²) in [6, 6.07) is 0.487. The molecule has 0 amide bonds. The minimum atomic E-state index is 0.487. The van der Waals surface area contributed by atoms with Gasteiger partial charge in [0.2, 0.25) is 0 Å². The fourth-order valence-corrected chi connectivity index (χ4v) is 2.01. The monoisotopic (exact) mass is 253 g/mol. The predicted octanol–water partition coefficient (Wildman–Crippen LogP) is 2.24. The van der Waals surface area contributed by atoms with Gasteiger partial charge in [0.15, 0.2) is 0 Å². The van der Waals surface area contributed by atoms with Gasteiger partial charge < -0.3 is 10.1 Å². The maximum atomic E-state index is 5.56. The van der Waals surface area contributed by atoms with E-state index in [4.69, 9.17) is 4.74 Å². The molecule has 1 heterocycles. The first kappa shape index (κ1) is 15.2. The van der Waals surface area contributed by atoms with Gasteiger partial charge in [-0.2, -0.15) is 5.10 Å². The number of nitrogens with zero attached hydrogens (tertiary/aromatic N) is 2. The first-order valence-corrected chi connectivity index (χ1v) is 7.12. The second kappa shape index (κ2) is 9.11. The lowest BCUT2D eigenvalue weighted by molar-refractivity contribution is 0.124. The summed E-state index contributed by atoms with van der Waals surface area (Å²) in [4.78, 5) is 0. The smallest absolute Gasteiger partial charge is 0.0522 e. The Kier molecular flexibility index (Phi) is 7.69. The van der Waals surface area contributed by atoms with E-state index in [1.165, 1.54) is 5.56 Å². The van der Waals surface area contributed by atoms with E-state index in [0.717, 1.165) is 45.6 Å². The van der Waals surface area contributed by atoms with E-state index in [1.807, 2.05) is 10.9 Å². The molecule has 0 aromatic carbocycles. The van der Waals surface area contributed by atoms with Crippen LogP contribution >= 0.6 is 0 Å². The summed E-state index contributed by atoms with van der Waals surface area (Å²) in [6.45, 7) is 10.0. The summed E-state index contributed by atoms with van der Waals surface area (Å²) in [5.41, 5.74) is 1.30. The third-order valence-electron chi connectivity index (χ3n) is 2.94. The first-order valence-electron chi connectivity index (χ1n) is 7.12. The van der Waals surface area contributed by atoms with E-state index in [0.29, 0.717) is 6.04 Å². The van der Waals surface area contributed by atoms with Gasteiger partial charge in [0.05, 0.1) is 6.20 Å². The fourth-order valence-electron chi connectivity index (χ4n) is 2.01. The van der Waals surface area contributed by atoms with E-state index in [2.05, 4.69) is 37.4 Å². The molecule has 0 aliphatic rings. The topological polar surface area (TPSA) is 39.1 Å². The van der Waals surface area contributed by atoms with Crippen molar-refractivity contribution in [2.24, 2.45) is 0 Å². The highest BCUT2D eigenvalue weighted by molar-refractivity contribution is 5.06. The molecule has 104 valence electrons. The summed E-state index contributed by atoms with van der Waals surface area (Å²) < 4.78 is 7.54. The van der Waals surface area contributed by atoms with Gasteiger partial charge in [-0.15, -0.1) is 0 Å². The summed E-state index contributed by atoms with van der Waals surface area (Å²) in [5, 5.41) is 7.83. The third kappa shape index (κ3) is 5.65. The van der Waals surface area contributed by atoms with E-state index < -0.39 is 0 Å². The van der Waals surface area contributed by atoms with Crippen molar-refractivity contribution in [1.82, 2.24) is 15.1 Å². The minimum absolute atomic E-state index is 0.487. The zero-order valence-electron chi connectivity index (χ0n) is 12.0. The second-order valence-electron chi connectivity index (χ2n) is 4.56. The molecule has 1 rings (SSSR count). The van der Waals surface area contributed by atoms with Crippen molar-refractivity contribution in [2.45, 2.75) is 52.6 Å². The molecular weight excluding hydrogens is 226 g/mol. The lowest BCUT2D eigenvalue weighted by Gasteiger charge is -2.17. The standard InChI is InChI=1S/C14H27N3O/c1-4-8-18-9-7-14(15-5-2)10-13-11-16-17(6-3)12-13/h11-12,14-15H,4-10H2,1-3H3. The highest BCUT2D eigenvalue weighted by atomic mass is 16.5. The van der Waals surface area contributed by atoms with E-state index >= 15 is 0 Å². The molecule has 0 fully saturated rings. The molecule has 4 nitrogen and oxygen atoms in total. The Balaban J connectivity index is 2.36. The van der Waals surface area contributed by atoms with Crippen molar-refractivity contribution >= 4 is 0 Å². The molecule has 4 heteroatoms. The number of aromatic nitrogens is 2. The Morgan fingerprint density at radius 2 is 2.17 bits per heavy atom. The van der Waals surface area contributed by atoms with Gasteiger partial charge in [-0.05, 0) is 38.3 Å². The van der Waals surface area contributed by atoms with Crippen LogP contribution in [0.15, 0.2) is 12.4 Å². The molecule has 1 atom stereocenters. The first-order chi connectivity index (χ1) is 8.80. The molecule has 1 unspecified atom stereocenters. The van der Waals surface area contributed by atoms with Crippen molar-refractivity contribution in [3.63, 3.8) is 0 Å². The molecule has 1 aromatic heterocycles. The zero-order valence-corrected chi connectivity index (χ0v) is 12.0. The SMILES string of the molecule is CCCOCCC(Cc1cnn(CC)c1)NCC. The number of rotatable bonds is 10. The minimum Gasteiger partial charge on any atom is -0.381 e. The van der Waals surface area contributed by atoms with Crippen LogP contribution in [0.5, 0.6) is 0 Å². The Labute approximate surface area is 111 Å². The largest absolute Gasteiger partial charge is 0.381 e. The number of nitrogens with one attached hydrogen (secondary N) is 1. The zero-order chi connectivity index (χ0) is 13.2. The van der Waals surface area contributed by atoms with Crippen LogP contribution in [0.1, 0.15) is 39.2 Å². The van der Waals surface area contributed by atoms with Crippen LogP contribution in [0.4, 0.5) is 0 Å². The molecule has 0 radical (unpaired) electrons. The van der Waals surface area contributed by atoms with Gasteiger partial charge in [-0.25, -0.2) is 0 Å². The van der Waals surface area contributed by atoms with Crippen molar-refractivity contribution in [3.05, 3.63) is 18.0 Å². The molecule has 0 aliphatic carbocycles. The quantitative estimate of drug-likeness (QED) is 0.650. The van der Waals surface area contributed by atoms with Gasteiger partial charge >= 0.3 is 0 Å². The summed E-state index contributed by atoms with van der Waals surface area (Å²) in [6.07, 6.45) is 7.29. The predicted molar refractivity (Wildman–Crippen MR) is 74.8 cm³/mol. The van der Waals surface area contributed by atoms with E-state index in [9.17, 15) is 0 Å². The Morgan fingerprint density at radius 3 is 2.78 bits per heavy atom. The van der Waals surface area contributed by atoms with Gasteiger partial charge in [0, 0.05) is 32.0 Å². The van der Waals surface area contributed by atoms with Gasteiger partial charge in [0.25, 0.3) is 0 Å². The number of ether oxygens (including phenoxy) is 1. The number of likely N-dealkylation sites (N-methyl/N-ethyl adjacent to an activating group) is 1. The molecule has 0 saturated carbocycles. The molecule has 0 aliphatic heterocycles. The van der Waals surface area contributed by atoms with Crippen LogP contribution in [-0.4, -0.2) is 35.6 Å². The summed E-state index contributed by atoms with van der Waals surface area (Å²) in [7, 11) is 0. The van der Waals surface area contributed by atoms with Crippen molar-refractivity contribution in [3.8, 4) is 0 Å². The highest BCUT2D eigenvalue weighted by Gasteiger charge is 2.09. The molecule has 1 aromatic rings. The summed E-state index contributed by atoms with van der Waals surface area (Å²) in [5.74, 6) is 0. The lowest BCUT2D eigenvalue weighted by atomic mass is 10.1. The third-order valence-corrected chi connectivity index (χ3v) is 2.94. The van der Waals surface area contributed by atoms with Crippen LogP contribution in [-0.2, 0) is 17.7 Å². The van der Waals surface area contributed by atoms with Crippen molar-refractivity contribution in [1.29, 1.82) is 0 Å². The molecule has 0 bridgehead atoms. The average Bonchev–Trinajstić information content (AvgIpc) is 2.82. The number of hydrogen-bond donors (Lipinski definition) is 1. The fraction of sp³-hybridized carbons (Fsp3) is 0.786. The average molecular weight is 253 g/mol. The van der Waals surface area contributed by atoms with E-state index in [-0.39, 0.29) is 0 Å². The highest BCUT2D eigenvalue weighted by Crippen LogP contribution is 2.06. The van der Waals surface area contributed by atoms with Crippen LogP contribution < -0.4 is 5.32 Å². The molecule has 18 heavy (non-hydrogen) atoms. The van der Waals surface area contributed by atoms with Crippen LogP contribution in [0.25, 0.3) is 0 Å². The Bertz CT molecular complexity index is 312. The molecule has 0 spiro atoms. The van der Waals surface area contributed by atoms with Crippen LogP contribution in [0.3, 0.4) is 0 Å². The van der Waals surface area contributed by atoms with E-state index in [1.54, 1.807) is 0 Å².